The minimum absolute atomic E-state index is 0.0870. The minimum Gasteiger partial charge on any atom is -0.442 e. The number of nitrogens with zero attached hydrogens (tertiary/aromatic N) is 4. The Kier molecular flexibility index (Phi) is 5.59. The van der Waals surface area contributed by atoms with E-state index in [9.17, 15) is 4.79 Å². The molecule has 0 aliphatic carbocycles. The first-order valence-corrected chi connectivity index (χ1v) is 10.3. The normalized spacial score (nSPS) is 16.7. The van der Waals surface area contributed by atoms with Gasteiger partial charge in [-0.3, -0.25) is 0 Å². The molecule has 0 spiro atoms. The predicted molar refractivity (Wildman–Crippen MR) is 119 cm³/mol. The molecule has 1 fully saturated rings. The number of carbonyl (C=O) groups is 1. The molecule has 0 saturated carbocycles. The van der Waals surface area contributed by atoms with Gasteiger partial charge < -0.3 is 14.2 Å². The molecule has 4 rings (SSSR count). The largest absolute Gasteiger partial charge is 0.442 e. The lowest BCUT2D eigenvalue weighted by molar-refractivity contribution is 0.0596. The van der Waals surface area contributed by atoms with Crippen LogP contribution in [0.25, 0.3) is 22.5 Å². The lowest BCUT2D eigenvalue weighted by Gasteiger charge is -2.39. The molecule has 0 N–H and O–H groups in total. The average Bonchev–Trinajstić information content (AvgIpc) is 3.15. The van der Waals surface area contributed by atoms with Gasteiger partial charge in [0.05, 0.1) is 0 Å². The van der Waals surface area contributed by atoms with Crippen molar-refractivity contribution in [3.8, 4) is 22.5 Å². The molecule has 0 radical (unpaired) electrons. The summed E-state index contributed by atoms with van der Waals surface area (Å²) in [5, 5.41) is 4.15. The third-order valence-corrected chi connectivity index (χ3v) is 5.06. The summed E-state index contributed by atoms with van der Waals surface area (Å²) in [6.07, 6.45) is 0.260. The summed E-state index contributed by atoms with van der Waals surface area (Å²) in [5.74, 6) is 1.65. The Bertz CT molecular complexity index is 1080. The standard InChI is InChI=1S/C24H26N4O3/c1-16(25-23(29)30-24(2,3)4)28-15-14-20(28)22-26-21(27-31-22)19-12-10-18(11-13-19)17-8-6-5-7-9-17/h5-13,20H,14-15H2,1-4H3/t20-/m0/s1. The Hall–Kier alpha value is -3.48. The molecule has 7 nitrogen and oxygen atoms in total. The maximum absolute atomic E-state index is 12.0. The second-order valence-corrected chi connectivity index (χ2v) is 8.54. The van der Waals surface area contributed by atoms with Gasteiger partial charge in [0, 0.05) is 12.1 Å². The van der Waals surface area contributed by atoms with Gasteiger partial charge >= 0.3 is 6.09 Å². The molecule has 3 aromatic rings. The van der Waals surface area contributed by atoms with Gasteiger partial charge in [-0.15, -0.1) is 0 Å². The Morgan fingerprint density at radius 3 is 2.32 bits per heavy atom. The summed E-state index contributed by atoms with van der Waals surface area (Å²) in [6, 6.07) is 18.2. The monoisotopic (exact) mass is 418 g/mol. The molecule has 0 bridgehead atoms. The van der Waals surface area contributed by atoms with E-state index >= 15 is 0 Å². The van der Waals surface area contributed by atoms with Gasteiger partial charge in [0.25, 0.3) is 0 Å². The van der Waals surface area contributed by atoms with Crippen LogP contribution in [0.4, 0.5) is 4.79 Å². The fourth-order valence-corrected chi connectivity index (χ4v) is 3.44. The Labute approximate surface area is 181 Å². The fraction of sp³-hybridized carbons (Fsp3) is 0.333. The van der Waals surface area contributed by atoms with Crippen molar-refractivity contribution < 1.29 is 14.1 Å². The lowest BCUT2D eigenvalue weighted by atomic mass is 10.0. The number of carbonyl (C=O) groups excluding carboxylic acids is 1. The van der Waals surface area contributed by atoms with Crippen molar-refractivity contribution in [2.24, 2.45) is 4.99 Å². The van der Waals surface area contributed by atoms with Crippen molar-refractivity contribution in [2.45, 2.75) is 45.8 Å². The highest BCUT2D eigenvalue weighted by Gasteiger charge is 2.35. The molecule has 1 saturated heterocycles. The third-order valence-electron chi connectivity index (χ3n) is 5.06. The maximum Gasteiger partial charge on any atom is 0.435 e. The van der Waals surface area contributed by atoms with E-state index in [4.69, 9.17) is 9.26 Å². The lowest BCUT2D eigenvalue weighted by Crippen LogP contribution is -2.44. The first-order valence-electron chi connectivity index (χ1n) is 10.3. The zero-order chi connectivity index (χ0) is 22.0. The van der Waals surface area contributed by atoms with Gasteiger partial charge in [0.2, 0.25) is 11.7 Å². The molecule has 7 heteroatoms. The summed E-state index contributed by atoms with van der Waals surface area (Å²) in [4.78, 5) is 22.6. The van der Waals surface area contributed by atoms with Crippen LogP contribution in [0.2, 0.25) is 0 Å². The molecule has 1 aliphatic heterocycles. The van der Waals surface area contributed by atoms with Crippen LogP contribution < -0.4 is 0 Å². The van der Waals surface area contributed by atoms with Crippen LogP contribution in [0.1, 0.15) is 46.0 Å². The fourth-order valence-electron chi connectivity index (χ4n) is 3.44. The Balaban J connectivity index is 1.46. The van der Waals surface area contributed by atoms with Crippen LogP contribution in [0.5, 0.6) is 0 Å². The van der Waals surface area contributed by atoms with Gasteiger partial charge in [0.15, 0.2) is 0 Å². The summed E-state index contributed by atoms with van der Waals surface area (Å²) in [6.45, 7) is 8.00. The van der Waals surface area contributed by atoms with E-state index in [0.717, 1.165) is 29.7 Å². The number of amidine groups is 1. The van der Waals surface area contributed by atoms with Crippen LogP contribution in [-0.2, 0) is 4.74 Å². The number of hydrogen-bond acceptors (Lipinski definition) is 5. The van der Waals surface area contributed by atoms with E-state index in [1.54, 1.807) is 6.92 Å². The Morgan fingerprint density at radius 2 is 1.71 bits per heavy atom. The smallest absolute Gasteiger partial charge is 0.435 e. The molecule has 1 atom stereocenters. The summed E-state index contributed by atoms with van der Waals surface area (Å²) in [5.41, 5.74) is 2.60. The second kappa shape index (κ2) is 8.34. The molecule has 2 aromatic carbocycles. The molecule has 1 aromatic heterocycles. The van der Waals surface area contributed by atoms with Crippen molar-refractivity contribution in [1.82, 2.24) is 15.0 Å². The minimum atomic E-state index is -0.597. The highest BCUT2D eigenvalue weighted by Crippen LogP contribution is 2.34. The van der Waals surface area contributed by atoms with Crippen LogP contribution in [0.15, 0.2) is 64.1 Å². The summed E-state index contributed by atoms with van der Waals surface area (Å²) < 4.78 is 10.8. The van der Waals surface area contributed by atoms with Crippen LogP contribution in [0, 0.1) is 0 Å². The molecule has 2 heterocycles. The van der Waals surface area contributed by atoms with Crippen molar-refractivity contribution in [3.05, 3.63) is 60.5 Å². The Morgan fingerprint density at radius 1 is 1.06 bits per heavy atom. The van der Waals surface area contributed by atoms with E-state index in [-0.39, 0.29) is 6.04 Å². The molecule has 1 amide bonds. The predicted octanol–water partition coefficient (Wildman–Crippen LogP) is 5.50. The first kappa shape index (κ1) is 20.8. The van der Waals surface area contributed by atoms with Crippen LogP contribution in [-0.4, -0.2) is 39.1 Å². The number of aromatic nitrogens is 2. The van der Waals surface area contributed by atoms with E-state index in [1.165, 1.54) is 0 Å². The van der Waals surface area contributed by atoms with E-state index in [2.05, 4.69) is 27.3 Å². The molecule has 0 unspecified atom stereocenters. The number of likely N-dealkylation sites (tertiary alicyclic amines) is 1. The number of aliphatic imine (C=N–C) groups is 1. The molecular formula is C24H26N4O3. The van der Waals surface area contributed by atoms with E-state index < -0.39 is 11.7 Å². The number of rotatable bonds is 3. The number of amides is 1. The van der Waals surface area contributed by atoms with Gasteiger partial charge in [-0.05, 0) is 45.2 Å². The van der Waals surface area contributed by atoms with E-state index in [1.807, 2.05) is 68.1 Å². The van der Waals surface area contributed by atoms with Crippen molar-refractivity contribution in [3.63, 3.8) is 0 Å². The average molecular weight is 418 g/mol. The first-order chi connectivity index (χ1) is 14.8. The summed E-state index contributed by atoms with van der Waals surface area (Å²) >= 11 is 0. The summed E-state index contributed by atoms with van der Waals surface area (Å²) in [7, 11) is 0. The zero-order valence-electron chi connectivity index (χ0n) is 18.2. The van der Waals surface area contributed by atoms with Gasteiger partial charge in [-0.2, -0.15) is 9.98 Å². The van der Waals surface area contributed by atoms with Crippen molar-refractivity contribution in [1.29, 1.82) is 0 Å². The number of benzene rings is 2. The maximum atomic E-state index is 12.0. The highest BCUT2D eigenvalue weighted by molar-refractivity contribution is 5.90. The second-order valence-electron chi connectivity index (χ2n) is 8.54. The topological polar surface area (TPSA) is 80.8 Å². The molecule has 160 valence electrons. The number of ether oxygens (including phenoxy) is 1. The van der Waals surface area contributed by atoms with Crippen molar-refractivity contribution in [2.75, 3.05) is 6.54 Å². The quantitative estimate of drug-likeness (QED) is 0.412. The highest BCUT2D eigenvalue weighted by atomic mass is 16.6. The van der Waals surface area contributed by atoms with Crippen molar-refractivity contribution >= 4 is 11.9 Å². The van der Waals surface area contributed by atoms with Crippen LogP contribution >= 0.6 is 0 Å². The zero-order valence-corrected chi connectivity index (χ0v) is 18.2. The van der Waals surface area contributed by atoms with Crippen LogP contribution in [0.3, 0.4) is 0 Å². The van der Waals surface area contributed by atoms with E-state index in [0.29, 0.717) is 17.6 Å². The third kappa shape index (κ3) is 4.82. The molecule has 1 aliphatic rings. The van der Waals surface area contributed by atoms with Gasteiger partial charge in [0.1, 0.15) is 17.5 Å². The van der Waals surface area contributed by atoms with Gasteiger partial charge in [-0.1, -0.05) is 59.8 Å². The number of hydrogen-bond donors (Lipinski definition) is 0. The molecule has 31 heavy (non-hydrogen) atoms. The SMILES string of the molecule is CC(=NC(=O)OC(C)(C)C)N1CC[C@H]1c1nc(-c2ccc(-c3ccccc3)cc2)no1. The van der Waals surface area contributed by atoms with Gasteiger partial charge in [-0.25, -0.2) is 4.79 Å². The molecular weight excluding hydrogens is 392 g/mol.